The Labute approximate surface area is 146 Å². The topological polar surface area (TPSA) is 44.7 Å². The second-order valence-corrected chi connectivity index (χ2v) is 7.65. The van der Waals surface area contributed by atoms with Gasteiger partial charge in [0.15, 0.2) is 5.17 Å². The van der Waals surface area contributed by atoms with Gasteiger partial charge < -0.3 is 10.2 Å². The van der Waals surface area contributed by atoms with Crippen LogP contribution in [0.5, 0.6) is 0 Å². The highest BCUT2D eigenvalue weighted by Gasteiger charge is 2.30. The molecule has 1 saturated heterocycles. The van der Waals surface area contributed by atoms with E-state index >= 15 is 0 Å². The molecule has 4 nitrogen and oxygen atoms in total. The number of hydrogen-bond acceptors (Lipinski definition) is 3. The lowest BCUT2D eigenvalue weighted by atomic mass is 10.2. The minimum absolute atomic E-state index is 0.115. The van der Waals surface area contributed by atoms with Crippen molar-refractivity contribution in [2.45, 2.75) is 51.1 Å². The van der Waals surface area contributed by atoms with Crippen LogP contribution in [0.25, 0.3) is 0 Å². The maximum Gasteiger partial charge on any atom is 0.226 e. The van der Waals surface area contributed by atoms with Gasteiger partial charge in [-0.25, -0.2) is 4.39 Å². The zero-order valence-electron chi connectivity index (χ0n) is 14.2. The van der Waals surface area contributed by atoms with Crippen LogP contribution in [0.15, 0.2) is 23.2 Å². The van der Waals surface area contributed by atoms with Gasteiger partial charge in [-0.15, -0.1) is 0 Å². The van der Waals surface area contributed by atoms with Crippen LogP contribution in [-0.2, 0) is 4.79 Å². The zero-order valence-corrected chi connectivity index (χ0v) is 15.0. The first kappa shape index (κ1) is 17.3. The highest BCUT2D eigenvalue weighted by molar-refractivity contribution is 8.14. The second kappa shape index (κ2) is 7.55. The van der Waals surface area contributed by atoms with E-state index in [2.05, 4.69) is 10.2 Å². The first-order chi connectivity index (χ1) is 11.5. The molecule has 6 heteroatoms. The van der Waals surface area contributed by atoms with E-state index in [1.807, 2.05) is 14.0 Å². The van der Waals surface area contributed by atoms with Crippen LogP contribution < -0.4 is 5.32 Å². The lowest BCUT2D eigenvalue weighted by molar-refractivity contribution is -0.116. The molecule has 1 saturated carbocycles. The largest absolute Gasteiger partial charge is 0.350 e. The summed E-state index contributed by atoms with van der Waals surface area (Å²) in [5.74, 6) is 0.310. The Morgan fingerprint density at radius 3 is 2.88 bits per heavy atom. The molecule has 2 aliphatic rings. The molecule has 1 aliphatic heterocycles. The Bertz CT molecular complexity index is 643. The summed E-state index contributed by atoms with van der Waals surface area (Å²) in [5, 5.41) is 3.73. The molecule has 0 bridgehead atoms. The Hall–Kier alpha value is -1.56. The molecule has 24 heavy (non-hydrogen) atoms. The number of nitrogens with zero attached hydrogens (tertiary/aromatic N) is 2. The molecule has 0 spiro atoms. The van der Waals surface area contributed by atoms with Crippen molar-refractivity contribution in [1.82, 2.24) is 4.90 Å². The lowest BCUT2D eigenvalue weighted by Gasteiger charge is -2.21. The molecule has 130 valence electrons. The van der Waals surface area contributed by atoms with Crippen molar-refractivity contribution in [3.63, 3.8) is 0 Å². The molecule has 1 unspecified atom stereocenters. The number of hydrogen-bond donors (Lipinski definition) is 1. The number of thioether (sulfide) groups is 1. The fraction of sp³-hybridized carbons (Fsp3) is 0.556. The molecular weight excluding hydrogens is 325 g/mol. The Balaban J connectivity index is 1.56. The van der Waals surface area contributed by atoms with E-state index in [0.717, 1.165) is 16.5 Å². The molecule has 1 amide bonds. The number of aliphatic imine (C=N–C) groups is 1. The number of aryl methyl sites for hydroxylation is 1. The van der Waals surface area contributed by atoms with Crippen molar-refractivity contribution in [3.05, 3.63) is 29.6 Å². The molecule has 2 fully saturated rings. The van der Waals surface area contributed by atoms with Gasteiger partial charge in [0.1, 0.15) is 5.82 Å². The van der Waals surface area contributed by atoms with Crippen LogP contribution in [0.2, 0.25) is 0 Å². The van der Waals surface area contributed by atoms with Crippen LogP contribution in [0.1, 0.15) is 37.7 Å². The average molecular weight is 349 g/mol. The van der Waals surface area contributed by atoms with E-state index in [1.165, 1.54) is 31.7 Å². The van der Waals surface area contributed by atoms with Crippen LogP contribution >= 0.6 is 11.8 Å². The third-order valence-corrected chi connectivity index (χ3v) is 5.89. The predicted octanol–water partition coefficient (Wildman–Crippen LogP) is 3.81. The van der Waals surface area contributed by atoms with Gasteiger partial charge in [-0.05, 0) is 37.5 Å². The van der Waals surface area contributed by atoms with Crippen molar-refractivity contribution in [3.8, 4) is 0 Å². The number of halogens is 1. The molecule has 1 heterocycles. The van der Waals surface area contributed by atoms with Gasteiger partial charge in [0, 0.05) is 25.3 Å². The quantitative estimate of drug-likeness (QED) is 0.899. The number of amides is 1. The number of anilines is 1. The SMILES string of the molecule is Cc1ccc(NC(=O)CC2CSC(=NC3CCCC3)N2C)c(F)c1. The van der Waals surface area contributed by atoms with Crippen molar-refractivity contribution in [2.75, 3.05) is 18.1 Å². The number of carbonyl (C=O) groups excluding carboxylic acids is 1. The average Bonchev–Trinajstić information content (AvgIpc) is 3.16. The molecule has 1 aromatic rings. The first-order valence-corrected chi connectivity index (χ1v) is 9.51. The minimum atomic E-state index is -0.388. The number of carbonyl (C=O) groups is 1. The zero-order chi connectivity index (χ0) is 17.1. The minimum Gasteiger partial charge on any atom is -0.350 e. The third-order valence-electron chi connectivity index (χ3n) is 4.69. The van der Waals surface area contributed by atoms with E-state index in [1.54, 1.807) is 23.9 Å². The smallest absolute Gasteiger partial charge is 0.226 e. The van der Waals surface area contributed by atoms with Crippen LogP contribution in [0.4, 0.5) is 10.1 Å². The Morgan fingerprint density at radius 1 is 1.42 bits per heavy atom. The number of nitrogens with one attached hydrogen (secondary N) is 1. The van der Waals surface area contributed by atoms with Crippen molar-refractivity contribution >= 4 is 28.5 Å². The summed E-state index contributed by atoms with van der Waals surface area (Å²) in [6.45, 7) is 1.82. The highest BCUT2D eigenvalue weighted by Crippen LogP contribution is 2.29. The first-order valence-electron chi connectivity index (χ1n) is 8.52. The molecule has 3 rings (SSSR count). The lowest BCUT2D eigenvalue weighted by Crippen LogP contribution is -2.34. The van der Waals surface area contributed by atoms with Crippen molar-refractivity contribution in [1.29, 1.82) is 0 Å². The maximum absolute atomic E-state index is 13.8. The molecule has 0 aromatic heterocycles. The summed E-state index contributed by atoms with van der Waals surface area (Å²) >= 11 is 1.72. The second-order valence-electron chi connectivity index (χ2n) is 6.66. The van der Waals surface area contributed by atoms with Gasteiger partial charge in [-0.1, -0.05) is 30.7 Å². The molecular formula is C18H24FN3OS. The monoisotopic (exact) mass is 349 g/mol. The normalized spacial score (nSPS) is 23.2. The van der Waals surface area contributed by atoms with Crippen LogP contribution in [-0.4, -0.2) is 40.9 Å². The van der Waals surface area contributed by atoms with Crippen molar-refractivity contribution < 1.29 is 9.18 Å². The van der Waals surface area contributed by atoms with E-state index in [9.17, 15) is 9.18 Å². The highest BCUT2D eigenvalue weighted by atomic mass is 32.2. The summed E-state index contributed by atoms with van der Waals surface area (Å²) in [6, 6.07) is 5.40. The molecule has 1 N–H and O–H groups in total. The summed E-state index contributed by atoms with van der Waals surface area (Å²) in [7, 11) is 2.00. The maximum atomic E-state index is 13.8. The number of rotatable bonds is 4. The summed E-state index contributed by atoms with van der Waals surface area (Å²) < 4.78 is 13.8. The van der Waals surface area contributed by atoms with Gasteiger partial charge in [-0.2, -0.15) is 0 Å². The fourth-order valence-corrected chi connectivity index (χ4v) is 4.45. The van der Waals surface area contributed by atoms with Gasteiger partial charge in [0.05, 0.1) is 11.7 Å². The Morgan fingerprint density at radius 2 is 2.17 bits per heavy atom. The van der Waals surface area contributed by atoms with E-state index < -0.39 is 0 Å². The summed E-state index contributed by atoms with van der Waals surface area (Å²) in [4.78, 5) is 19.2. The standard InChI is InChI=1S/C18H24FN3OS/c1-12-7-8-16(15(19)9-12)21-17(23)10-14-11-24-18(22(14)2)20-13-5-3-4-6-13/h7-9,13-14H,3-6,10-11H2,1-2H3,(H,21,23). The van der Waals surface area contributed by atoms with Gasteiger partial charge in [-0.3, -0.25) is 9.79 Å². The molecule has 1 aromatic carbocycles. The van der Waals surface area contributed by atoms with E-state index in [-0.39, 0.29) is 23.5 Å². The fourth-order valence-electron chi connectivity index (χ4n) is 3.19. The summed E-state index contributed by atoms with van der Waals surface area (Å²) in [5.41, 5.74) is 1.09. The molecule has 1 atom stereocenters. The number of benzene rings is 1. The summed E-state index contributed by atoms with van der Waals surface area (Å²) in [6.07, 6.45) is 5.24. The van der Waals surface area contributed by atoms with Gasteiger partial charge in [0.25, 0.3) is 0 Å². The third kappa shape index (κ3) is 4.09. The number of amidine groups is 1. The van der Waals surface area contributed by atoms with E-state index in [0.29, 0.717) is 12.5 Å². The van der Waals surface area contributed by atoms with Crippen LogP contribution in [0, 0.1) is 12.7 Å². The Kier molecular flexibility index (Phi) is 5.43. The molecule has 0 radical (unpaired) electrons. The molecule has 1 aliphatic carbocycles. The van der Waals surface area contributed by atoms with Gasteiger partial charge in [0.2, 0.25) is 5.91 Å². The van der Waals surface area contributed by atoms with Crippen LogP contribution in [0.3, 0.4) is 0 Å². The van der Waals surface area contributed by atoms with Crippen molar-refractivity contribution in [2.24, 2.45) is 4.99 Å². The van der Waals surface area contributed by atoms with Gasteiger partial charge >= 0.3 is 0 Å². The van der Waals surface area contributed by atoms with E-state index in [4.69, 9.17) is 4.99 Å². The predicted molar refractivity (Wildman–Crippen MR) is 98.1 cm³/mol.